The van der Waals surface area contributed by atoms with Gasteiger partial charge >= 0.3 is 0 Å². The highest BCUT2D eigenvalue weighted by molar-refractivity contribution is 7.91. The molecule has 2 fully saturated rings. The Morgan fingerprint density at radius 3 is 2.43 bits per heavy atom. The van der Waals surface area contributed by atoms with E-state index in [4.69, 9.17) is 0 Å². The second-order valence-corrected chi connectivity index (χ2v) is 9.25. The van der Waals surface area contributed by atoms with E-state index >= 15 is 0 Å². The van der Waals surface area contributed by atoms with Crippen LogP contribution in [0, 0.1) is 11.3 Å². The third-order valence-electron chi connectivity index (χ3n) is 5.56. The number of anilines is 1. The Kier molecular flexibility index (Phi) is 4.25. The molecule has 3 rings (SSSR count). The molecule has 2 aliphatic rings. The Hall–Kier alpha value is -1.36. The second-order valence-electron chi connectivity index (χ2n) is 6.95. The summed E-state index contributed by atoms with van der Waals surface area (Å²) in [5.74, 6) is 0.508. The van der Waals surface area contributed by atoms with Gasteiger partial charge in [0.15, 0.2) is 0 Å². The number of sulfone groups is 1. The van der Waals surface area contributed by atoms with Crippen molar-refractivity contribution in [2.24, 2.45) is 11.3 Å². The molecular weight excluding hydrogens is 310 g/mol. The van der Waals surface area contributed by atoms with E-state index in [-0.39, 0.29) is 28.7 Å². The van der Waals surface area contributed by atoms with Crippen molar-refractivity contribution in [3.63, 3.8) is 0 Å². The molecule has 1 N–H and O–H groups in total. The molecule has 23 heavy (non-hydrogen) atoms. The van der Waals surface area contributed by atoms with Crippen molar-refractivity contribution in [3.05, 3.63) is 29.3 Å². The lowest BCUT2D eigenvalue weighted by atomic mass is 9.96. The summed E-state index contributed by atoms with van der Waals surface area (Å²) in [7, 11) is -2.87. The van der Waals surface area contributed by atoms with Crippen molar-refractivity contribution in [2.45, 2.75) is 46.0 Å². The van der Waals surface area contributed by atoms with E-state index in [0.717, 1.165) is 24.9 Å². The standard InChI is InChI=1S/C18H25NO3S/c1-3-13-5-6-15(11-14(13)4-2)19-17(20)16-12-18(16)7-9-23(21,22)10-8-18/h5-6,11,16H,3-4,7-10,12H2,1-2H3,(H,19,20)/t16-/m0/s1. The molecule has 1 spiro atoms. The summed E-state index contributed by atoms with van der Waals surface area (Å²) >= 11 is 0. The maximum absolute atomic E-state index is 12.5. The zero-order valence-corrected chi connectivity index (χ0v) is 14.7. The normalized spacial score (nSPS) is 24.3. The molecule has 1 saturated carbocycles. The first-order valence-electron chi connectivity index (χ1n) is 8.52. The molecule has 126 valence electrons. The van der Waals surface area contributed by atoms with E-state index in [1.807, 2.05) is 6.07 Å². The minimum absolute atomic E-state index is 0.0195. The van der Waals surface area contributed by atoms with Crippen LogP contribution in [-0.2, 0) is 27.5 Å². The molecule has 1 amide bonds. The van der Waals surface area contributed by atoms with Crippen LogP contribution in [0.2, 0.25) is 0 Å². The van der Waals surface area contributed by atoms with Gasteiger partial charge in [-0.05, 0) is 60.8 Å². The van der Waals surface area contributed by atoms with Crippen LogP contribution >= 0.6 is 0 Å². The Balaban J connectivity index is 1.65. The fourth-order valence-electron chi connectivity index (χ4n) is 3.82. The van der Waals surface area contributed by atoms with Crippen molar-refractivity contribution >= 4 is 21.4 Å². The largest absolute Gasteiger partial charge is 0.326 e. The number of amides is 1. The number of benzene rings is 1. The van der Waals surface area contributed by atoms with Crippen LogP contribution in [0.15, 0.2) is 18.2 Å². The molecule has 0 aromatic heterocycles. The van der Waals surface area contributed by atoms with Crippen molar-refractivity contribution in [2.75, 3.05) is 16.8 Å². The zero-order valence-electron chi connectivity index (χ0n) is 13.9. The zero-order chi connectivity index (χ0) is 16.7. The molecule has 1 aliphatic carbocycles. The summed E-state index contributed by atoms with van der Waals surface area (Å²) < 4.78 is 23.1. The Bertz CT molecular complexity index is 710. The molecule has 1 aromatic rings. The predicted octanol–water partition coefficient (Wildman–Crippen LogP) is 2.96. The third kappa shape index (κ3) is 3.30. The maximum atomic E-state index is 12.5. The average molecular weight is 335 g/mol. The number of rotatable bonds is 4. The van der Waals surface area contributed by atoms with Gasteiger partial charge in [0, 0.05) is 11.6 Å². The van der Waals surface area contributed by atoms with Gasteiger partial charge in [0.05, 0.1) is 11.5 Å². The summed E-state index contributed by atoms with van der Waals surface area (Å²) in [6.45, 7) is 4.26. The van der Waals surface area contributed by atoms with E-state index in [9.17, 15) is 13.2 Å². The lowest BCUT2D eigenvalue weighted by Crippen LogP contribution is -2.28. The molecule has 1 aliphatic heterocycles. The van der Waals surface area contributed by atoms with E-state index in [1.54, 1.807) is 0 Å². The molecule has 1 heterocycles. The maximum Gasteiger partial charge on any atom is 0.228 e. The molecule has 0 unspecified atom stereocenters. The third-order valence-corrected chi connectivity index (χ3v) is 7.22. The van der Waals surface area contributed by atoms with Crippen molar-refractivity contribution in [1.29, 1.82) is 0 Å². The van der Waals surface area contributed by atoms with Crippen molar-refractivity contribution < 1.29 is 13.2 Å². The lowest BCUT2D eigenvalue weighted by Gasteiger charge is -2.22. The highest BCUT2D eigenvalue weighted by Crippen LogP contribution is 2.60. The lowest BCUT2D eigenvalue weighted by molar-refractivity contribution is -0.118. The minimum atomic E-state index is -2.87. The van der Waals surface area contributed by atoms with Gasteiger partial charge in [0.2, 0.25) is 5.91 Å². The van der Waals surface area contributed by atoms with Crippen LogP contribution < -0.4 is 5.32 Å². The smallest absolute Gasteiger partial charge is 0.228 e. The fourth-order valence-corrected chi connectivity index (χ4v) is 5.46. The van der Waals surface area contributed by atoms with Crippen LogP contribution in [-0.4, -0.2) is 25.8 Å². The van der Waals surface area contributed by atoms with E-state index in [1.165, 1.54) is 11.1 Å². The van der Waals surface area contributed by atoms with Gasteiger partial charge in [-0.1, -0.05) is 19.9 Å². The summed E-state index contributed by atoms with van der Waals surface area (Å²) in [5, 5.41) is 3.03. The quantitative estimate of drug-likeness (QED) is 0.920. The molecule has 0 bridgehead atoms. The summed E-state index contributed by atoms with van der Waals surface area (Å²) in [6, 6.07) is 6.12. The fraction of sp³-hybridized carbons (Fsp3) is 0.611. The summed E-state index contributed by atoms with van der Waals surface area (Å²) in [5.41, 5.74) is 3.41. The monoisotopic (exact) mass is 335 g/mol. The Labute approximate surface area is 138 Å². The highest BCUT2D eigenvalue weighted by atomic mass is 32.2. The summed E-state index contributed by atoms with van der Waals surface area (Å²) in [4.78, 5) is 12.5. The van der Waals surface area contributed by atoms with Gasteiger partial charge in [-0.2, -0.15) is 0 Å². The SMILES string of the molecule is CCc1ccc(NC(=O)[C@@H]2CC23CCS(=O)(=O)CC3)cc1CC. The molecule has 0 radical (unpaired) electrons. The molecule has 1 atom stereocenters. The van der Waals surface area contributed by atoms with Crippen LogP contribution in [0.4, 0.5) is 5.69 Å². The van der Waals surface area contributed by atoms with Gasteiger partial charge < -0.3 is 5.32 Å². The number of aryl methyl sites for hydroxylation is 2. The number of carbonyl (C=O) groups is 1. The van der Waals surface area contributed by atoms with Crippen molar-refractivity contribution in [1.82, 2.24) is 0 Å². The van der Waals surface area contributed by atoms with E-state index < -0.39 is 9.84 Å². The van der Waals surface area contributed by atoms with Crippen LogP contribution in [0.25, 0.3) is 0 Å². The first-order valence-corrected chi connectivity index (χ1v) is 10.3. The predicted molar refractivity (Wildman–Crippen MR) is 92.3 cm³/mol. The molecule has 1 aromatic carbocycles. The Morgan fingerprint density at radius 2 is 1.83 bits per heavy atom. The number of hydrogen-bond acceptors (Lipinski definition) is 3. The molecule has 5 heteroatoms. The molecule has 4 nitrogen and oxygen atoms in total. The van der Waals surface area contributed by atoms with Crippen LogP contribution in [0.5, 0.6) is 0 Å². The van der Waals surface area contributed by atoms with Crippen LogP contribution in [0.3, 0.4) is 0 Å². The van der Waals surface area contributed by atoms with Crippen molar-refractivity contribution in [3.8, 4) is 0 Å². The molecule has 1 saturated heterocycles. The molecular formula is C18H25NO3S. The second kappa shape index (κ2) is 5.93. The van der Waals surface area contributed by atoms with Gasteiger partial charge in [-0.15, -0.1) is 0 Å². The number of nitrogens with one attached hydrogen (secondary N) is 1. The van der Waals surface area contributed by atoms with Gasteiger partial charge in [-0.25, -0.2) is 8.42 Å². The average Bonchev–Trinajstić information content (AvgIpc) is 3.25. The summed E-state index contributed by atoms with van der Waals surface area (Å²) in [6.07, 6.45) is 4.07. The number of hydrogen-bond donors (Lipinski definition) is 1. The van der Waals surface area contributed by atoms with E-state index in [0.29, 0.717) is 12.8 Å². The highest BCUT2D eigenvalue weighted by Gasteiger charge is 2.59. The Morgan fingerprint density at radius 1 is 1.17 bits per heavy atom. The topological polar surface area (TPSA) is 63.2 Å². The van der Waals surface area contributed by atoms with E-state index in [2.05, 4.69) is 31.3 Å². The minimum Gasteiger partial charge on any atom is -0.326 e. The number of carbonyl (C=O) groups excluding carboxylic acids is 1. The first-order chi connectivity index (χ1) is 10.9. The first kappa shape index (κ1) is 16.5. The van der Waals surface area contributed by atoms with Gasteiger partial charge in [0.25, 0.3) is 0 Å². The van der Waals surface area contributed by atoms with Gasteiger partial charge in [-0.3, -0.25) is 4.79 Å². The van der Waals surface area contributed by atoms with Gasteiger partial charge in [0.1, 0.15) is 9.84 Å². The van der Waals surface area contributed by atoms with Crippen LogP contribution in [0.1, 0.15) is 44.2 Å².